The number of nitrogens with one attached hydrogen (secondary N) is 1. The first-order valence-electron chi connectivity index (χ1n) is 8.63. The molecule has 0 aromatic heterocycles. The van der Waals surface area contributed by atoms with Gasteiger partial charge in [-0.15, -0.1) is 0 Å². The van der Waals surface area contributed by atoms with E-state index in [1.807, 2.05) is 18.7 Å². The Morgan fingerprint density at radius 3 is 2.14 bits per heavy atom. The van der Waals surface area contributed by atoms with E-state index in [1.165, 1.54) is 6.42 Å². The third-order valence-electron chi connectivity index (χ3n) is 5.77. The van der Waals surface area contributed by atoms with E-state index in [2.05, 4.69) is 19.2 Å². The van der Waals surface area contributed by atoms with Crippen molar-refractivity contribution in [3.63, 3.8) is 0 Å². The van der Waals surface area contributed by atoms with Crippen LogP contribution in [0.2, 0.25) is 0 Å². The predicted octanol–water partition coefficient (Wildman–Crippen LogP) is 3.01. The minimum absolute atomic E-state index is 0.0642. The van der Waals surface area contributed by atoms with E-state index in [0.717, 1.165) is 32.1 Å². The molecule has 1 aliphatic carbocycles. The van der Waals surface area contributed by atoms with Crippen LogP contribution in [0.1, 0.15) is 79.1 Å². The molecule has 0 aromatic carbocycles. The van der Waals surface area contributed by atoms with Gasteiger partial charge in [-0.2, -0.15) is 0 Å². The standard InChI is InChI=1S/C17H30N2O2/c1-5-13(4)19-15(21)16(11-9-8-10-12-16)18-14(20)17(19,6-2)7-3/h13H,5-12H2,1-4H3,(H,18,20). The highest BCUT2D eigenvalue weighted by molar-refractivity contribution is 6.02. The fourth-order valence-electron chi connectivity index (χ4n) is 4.13. The highest BCUT2D eigenvalue weighted by Crippen LogP contribution is 2.40. The van der Waals surface area contributed by atoms with Gasteiger partial charge < -0.3 is 10.2 Å². The van der Waals surface area contributed by atoms with E-state index < -0.39 is 11.1 Å². The number of hydrogen-bond donors (Lipinski definition) is 1. The second-order valence-corrected chi connectivity index (χ2v) is 6.77. The molecule has 1 aliphatic heterocycles. The molecule has 2 aliphatic rings. The van der Waals surface area contributed by atoms with Crippen molar-refractivity contribution in [1.82, 2.24) is 10.2 Å². The van der Waals surface area contributed by atoms with Gasteiger partial charge in [-0.1, -0.05) is 40.0 Å². The largest absolute Gasteiger partial charge is 0.340 e. The van der Waals surface area contributed by atoms with E-state index >= 15 is 0 Å². The van der Waals surface area contributed by atoms with Crippen molar-refractivity contribution in [3.05, 3.63) is 0 Å². The van der Waals surface area contributed by atoms with Crippen LogP contribution in [0, 0.1) is 0 Å². The van der Waals surface area contributed by atoms with Crippen molar-refractivity contribution in [2.24, 2.45) is 0 Å². The maximum absolute atomic E-state index is 13.3. The zero-order valence-electron chi connectivity index (χ0n) is 14.0. The Balaban J connectivity index is 2.45. The monoisotopic (exact) mass is 294 g/mol. The Labute approximate surface area is 128 Å². The summed E-state index contributed by atoms with van der Waals surface area (Å²) in [6.07, 6.45) is 7.08. The van der Waals surface area contributed by atoms with Crippen LogP contribution >= 0.6 is 0 Å². The summed E-state index contributed by atoms with van der Waals surface area (Å²) >= 11 is 0. The van der Waals surface area contributed by atoms with Crippen LogP contribution in [-0.2, 0) is 9.59 Å². The van der Waals surface area contributed by atoms with Crippen LogP contribution in [0.15, 0.2) is 0 Å². The molecule has 2 rings (SSSR count). The van der Waals surface area contributed by atoms with E-state index in [1.54, 1.807) is 0 Å². The number of carbonyl (C=O) groups is 2. The highest BCUT2D eigenvalue weighted by Gasteiger charge is 2.57. The van der Waals surface area contributed by atoms with Gasteiger partial charge in [0.15, 0.2) is 0 Å². The topological polar surface area (TPSA) is 49.4 Å². The molecular formula is C17H30N2O2. The minimum atomic E-state index is -0.658. The summed E-state index contributed by atoms with van der Waals surface area (Å²) in [5, 5.41) is 3.15. The molecule has 1 unspecified atom stereocenters. The summed E-state index contributed by atoms with van der Waals surface area (Å²) in [4.78, 5) is 28.2. The van der Waals surface area contributed by atoms with Gasteiger partial charge >= 0.3 is 0 Å². The van der Waals surface area contributed by atoms with Gasteiger partial charge in [0.2, 0.25) is 11.8 Å². The van der Waals surface area contributed by atoms with E-state index in [4.69, 9.17) is 0 Å². The molecule has 0 bridgehead atoms. The number of nitrogens with zero attached hydrogens (tertiary/aromatic N) is 1. The van der Waals surface area contributed by atoms with Gasteiger partial charge in [-0.05, 0) is 39.0 Å². The second-order valence-electron chi connectivity index (χ2n) is 6.77. The van der Waals surface area contributed by atoms with Gasteiger partial charge in [0.25, 0.3) is 0 Å². The number of carbonyl (C=O) groups excluding carboxylic acids is 2. The van der Waals surface area contributed by atoms with Crippen LogP contribution in [0.3, 0.4) is 0 Å². The van der Waals surface area contributed by atoms with Crippen molar-refractivity contribution < 1.29 is 9.59 Å². The van der Waals surface area contributed by atoms with Crippen molar-refractivity contribution in [2.75, 3.05) is 0 Å². The molecule has 1 spiro atoms. The number of amides is 2. The summed E-state index contributed by atoms with van der Waals surface area (Å²) < 4.78 is 0. The molecular weight excluding hydrogens is 264 g/mol. The van der Waals surface area contributed by atoms with Gasteiger partial charge in [-0.3, -0.25) is 9.59 Å². The Bertz CT molecular complexity index is 409. The highest BCUT2D eigenvalue weighted by atomic mass is 16.2. The lowest BCUT2D eigenvalue weighted by Crippen LogP contribution is -2.77. The second kappa shape index (κ2) is 5.98. The van der Waals surface area contributed by atoms with Crippen molar-refractivity contribution in [2.45, 2.75) is 96.2 Å². The summed E-state index contributed by atoms with van der Waals surface area (Å²) in [5.74, 6) is 0.231. The Kier molecular flexibility index (Phi) is 4.64. The molecule has 1 heterocycles. The zero-order chi connectivity index (χ0) is 15.7. The quantitative estimate of drug-likeness (QED) is 0.866. The molecule has 2 amide bonds. The van der Waals surface area contributed by atoms with Gasteiger partial charge in [0.05, 0.1) is 0 Å². The first kappa shape index (κ1) is 16.3. The number of piperazine rings is 1. The number of rotatable bonds is 4. The summed E-state index contributed by atoms with van der Waals surface area (Å²) in [6, 6.07) is 0.113. The Hall–Kier alpha value is -1.06. The molecule has 4 nitrogen and oxygen atoms in total. The summed E-state index contributed by atoms with van der Waals surface area (Å²) in [7, 11) is 0. The van der Waals surface area contributed by atoms with Crippen LogP contribution in [0.5, 0.6) is 0 Å². The van der Waals surface area contributed by atoms with Crippen molar-refractivity contribution >= 4 is 11.8 Å². The lowest BCUT2D eigenvalue weighted by molar-refractivity contribution is -0.169. The summed E-state index contributed by atoms with van der Waals surface area (Å²) in [6.45, 7) is 8.20. The molecule has 2 fully saturated rings. The van der Waals surface area contributed by atoms with E-state index in [-0.39, 0.29) is 17.9 Å². The average Bonchev–Trinajstić information content (AvgIpc) is 2.51. The third kappa shape index (κ3) is 2.36. The van der Waals surface area contributed by atoms with Crippen LogP contribution < -0.4 is 5.32 Å². The average molecular weight is 294 g/mol. The fraction of sp³-hybridized carbons (Fsp3) is 0.882. The molecule has 1 saturated carbocycles. The maximum atomic E-state index is 13.3. The maximum Gasteiger partial charge on any atom is 0.249 e. The van der Waals surface area contributed by atoms with E-state index in [9.17, 15) is 9.59 Å². The summed E-state index contributed by atoms with van der Waals surface area (Å²) in [5.41, 5.74) is -1.28. The fourth-order valence-corrected chi connectivity index (χ4v) is 4.13. The molecule has 1 atom stereocenters. The van der Waals surface area contributed by atoms with Gasteiger partial charge in [0.1, 0.15) is 11.1 Å². The van der Waals surface area contributed by atoms with Crippen molar-refractivity contribution in [3.8, 4) is 0 Å². The molecule has 4 heteroatoms. The molecule has 1 N–H and O–H groups in total. The van der Waals surface area contributed by atoms with Crippen LogP contribution in [-0.4, -0.2) is 33.8 Å². The van der Waals surface area contributed by atoms with Crippen LogP contribution in [0.4, 0.5) is 0 Å². The molecule has 1 saturated heterocycles. The molecule has 0 radical (unpaired) electrons. The Morgan fingerprint density at radius 1 is 1.10 bits per heavy atom. The molecule has 120 valence electrons. The lowest BCUT2D eigenvalue weighted by atomic mass is 9.74. The minimum Gasteiger partial charge on any atom is -0.340 e. The smallest absolute Gasteiger partial charge is 0.249 e. The first-order valence-corrected chi connectivity index (χ1v) is 8.63. The third-order valence-corrected chi connectivity index (χ3v) is 5.77. The Morgan fingerprint density at radius 2 is 1.67 bits per heavy atom. The van der Waals surface area contributed by atoms with Crippen molar-refractivity contribution in [1.29, 1.82) is 0 Å². The molecule has 0 aromatic rings. The zero-order valence-corrected chi connectivity index (χ0v) is 14.0. The van der Waals surface area contributed by atoms with Gasteiger partial charge in [-0.25, -0.2) is 0 Å². The number of hydrogen-bond acceptors (Lipinski definition) is 2. The van der Waals surface area contributed by atoms with Crippen LogP contribution in [0.25, 0.3) is 0 Å². The van der Waals surface area contributed by atoms with E-state index in [0.29, 0.717) is 12.8 Å². The molecule has 21 heavy (non-hydrogen) atoms. The predicted molar refractivity (Wildman–Crippen MR) is 83.9 cm³/mol. The first-order chi connectivity index (χ1) is 9.97. The normalized spacial score (nSPS) is 25.8. The SMILES string of the molecule is CCC(C)N1C(=O)C2(CCCCC2)NC(=O)C1(CC)CC. The van der Waals surface area contributed by atoms with Gasteiger partial charge in [0, 0.05) is 6.04 Å². The lowest BCUT2D eigenvalue weighted by Gasteiger charge is -2.55.